The van der Waals surface area contributed by atoms with Crippen molar-refractivity contribution >= 4 is 23.2 Å². The monoisotopic (exact) mass is 350 g/mol. The van der Waals surface area contributed by atoms with Crippen LogP contribution < -0.4 is 10.6 Å². The number of rotatable bonds is 6. The molecular weight excluding hydrogens is 332 g/mol. The van der Waals surface area contributed by atoms with Crippen molar-refractivity contribution in [3.05, 3.63) is 60.6 Å². The molecule has 3 aromatic rings. The molecule has 2 amide bonds. The van der Waals surface area contributed by atoms with Crippen LogP contribution in [-0.4, -0.2) is 22.0 Å². The molecule has 0 aliphatic carbocycles. The van der Waals surface area contributed by atoms with Gasteiger partial charge in [0, 0.05) is 41.8 Å². The number of anilines is 2. The summed E-state index contributed by atoms with van der Waals surface area (Å²) in [7, 11) is 0. The zero-order valence-electron chi connectivity index (χ0n) is 14.2. The summed E-state index contributed by atoms with van der Waals surface area (Å²) in [5.41, 5.74) is 2.07. The number of amides is 2. The number of benzene rings is 1. The van der Waals surface area contributed by atoms with E-state index in [1.165, 1.54) is 0 Å². The first-order valence-corrected chi connectivity index (χ1v) is 8.24. The Labute approximate surface area is 150 Å². The third-order valence-electron chi connectivity index (χ3n) is 3.57. The van der Waals surface area contributed by atoms with E-state index < -0.39 is 5.91 Å². The SMILES string of the molecule is CCCC(=O)Nc1cccc(NC(=O)c2cc(-c3cccnc3)on2)c1. The summed E-state index contributed by atoms with van der Waals surface area (Å²) in [6, 6.07) is 12.1. The lowest BCUT2D eigenvalue weighted by atomic mass is 10.2. The van der Waals surface area contributed by atoms with Crippen molar-refractivity contribution in [1.82, 2.24) is 10.1 Å². The first kappa shape index (κ1) is 17.3. The van der Waals surface area contributed by atoms with Crippen molar-refractivity contribution < 1.29 is 14.1 Å². The molecule has 0 aliphatic rings. The molecular formula is C19H18N4O3. The van der Waals surface area contributed by atoms with Gasteiger partial charge >= 0.3 is 0 Å². The predicted molar refractivity (Wildman–Crippen MR) is 97.7 cm³/mol. The lowest BCUT2D eigenvalue weighted by molar-refractivity contribution is -0.116. The first-order chi connectivity index (χ1) is 12.7. The van der Waals surface area contributed by atoms with E-state index in [1.54, 1.807) is 48.8 Å². The summed E-state index contributed by atoms with van der Waals surface area (Å²) < 4.78 is 5.20. The topological polar surface area (TPSA) is 97.1 Å². The number of nitrogens with zero attached hydrogens (tertiary/aromatic N) is 2. The minimum Gasteiger partial charge on any atom is -0.355 e. The van der Waals surface area contributed by atoms with Crippen LogP contribution in [0.25, 0.3) is 11.3 Å². The molecule has 0 atom stereocenters. The maximum atomic E-state index is 12.4. The highest BCUT2D eigenvalue weighted by Crippen LogP contribution is 2.20. The molecule has 2 aromatic heterocycles. The average Bonchev–Trinajstić information content (AvgIpc) is 3.13. The van der Waals surface area contributed by atoms with Crippen LogP contribution in [0, 0.1) is 0 Å². The van der Waals surface area contributed by atoms with Gasteiger partial charge in [0.2, 0.25) is 5.91 Å². The fourth-order valence-corrected chi connectivity index (χ4v) is 2.35. The number of aromatic nitrogens is 2. The smallest absolute Gasteiger partial charge is 0.277 e. The molecule has 132 valence electrons. The van der Waals surface area contributed by atoms with Gasteiger partial charge in [0.15, 0.2) is 11.5 Å². The van der Waals surface area contributed by atoms with E-state index in [0.717, 1.165) is 12.0 Å². The van der Waals surface area contributed by atoms with Crippen LogP contribution in [-0.2, 0) is 4.79 Å². The third kappa shape index (κ3) is 4.32. The number of carbonyl (C=O) groups excluding carboxylic acids is 2. The van der Waals surface area contributed by atoms with Crippen LogP contribution in [0.4, 0.5) is 11.4 Å². The van der Waals surface area contributed by atoms with Gasteiger partial charge in [-0.3, -0.25) is 14.6 Å². The Hall–Kier alpha value is -3.48. The zero-order chi connectivity index (χ0) is 18.4. The molecule has 0 saturated carbocycles. The van der Waals surface area contributed by atoms with Gasteiger partial charge in [0.05, 0.1) is 0 Å². The molecule has 2 N–H and O–H groups in total. The van der Waals surface area contributed by atoms with Crippen LogP contribution in [0.15, 0.2) is 59.4 Å². The molecule has 3 rings (SSSR count). The second-order valence-corrected chi connectivity index (χ2v) is 5.65. The van der Waals surface area contributed by atoms with Crippen LogP contribution in [0.5, 0.6) is 0 Å². The Bertz CT molecular complexity index is 906. The van der Waals surface area contributed by atoms with E-state index >= 15 is 0 Å². The molecule has 0 saturated heterocycles. The lowest BCUT2D eigenvalue weighted by Crippen LogP contribution is -2.13. The summed E-state index contributed by atoms with van der Waals surface area (Å²) in [6.45, 7) is 1.94. The Morgan fingerprint density at radius 2 is 1.88 bits per heavy atom. The fourth-order valence-electron chi connectivity index (χ4n) is 2.35. The number of hydrogen-bond acceptors (Lipinski definition) is 5. The zero-order valence-corrected chi connectivity index (χ0v) is 14.2. The molecule has 0 spiro atoms. The molecule has 7 nitrogen and oxygen atoms in total. The maximum absolute atomic E-state index is 12.4. The number of nitrogens with one attached hydrogen (secondary N) is 2. The van der Waals surface area contributed by atoms with Crippen LogP contribution >= 0.6 is 0 Å². The summed E-state index contributed by atoms with van der Waals surface area (Å²) in [6.07, 6.45) is 4.50. The Morgan fingerprint density at radius 3 is 2.62 bits per heavy atom. The molecule has 7 heteroatoms. The normalized spacial score (nSPS) is 10.3. The molecule has 26 heavy (non-hydrogen) atoms. The highest BCUT2D eigenvalue weighted by molar-refractivity contribution is 6.03. The predicted octanol–water partition coefficient (Wildman–Crippen LogP) is 3.73. The van der Waals surface area contributed by atoms with Gasteiger partial charge in [-0.15, -0.1) is 0 Å². The van der Waals surface area contributed by atoms with E-state index in [0.29, 0.717) is 23.6 Å². The molecule has 1 aromatic carbocycles. The Kier molecular flexibility index (Phi) is 5.38. The second-order valence-electron chi connectivity index (χ2n) is 5.65. The Morgan fingerprint density at radius 1 is 1.08 bits per heavy atom. The molecule has 0 unspecified atom stereocenters. The first-order valence-electron chi connectivity index (χ1n) is 8.24. The average molecular weight is 350 g/mol. The van der Waals surface area contributed by atoms with E-state index in [9.17, 15) is 9.59 Å². The van der Waals surface area contributed by atoms with Gasteiger partial charge in [-0.1, -0.05) is 18.1 Å². The van der Waals surface area contributed by atoms with Gasteiger partial charge in [-0.2, -0.15) is 0 Å². The summed E-state index contributed by atoms with van der Waals surface area (Å²) in [5, 5.41) is 9.33. The van der Waals surface area contributed by atoms with Gasteiger partial charge in [0.1, 0.15) is 0 Å². The quantitative estimate of drug-likeness (QED) is 0.706. The maximum Gasteiger partial charge on any atom is 0.277 e. The highest BCUT2D eigenvalue weighted by atomic mass is 16.5. The van der Waals surface area contributed by atoms with Crippen LogP contribution in [0.2, 0.25) is 0 Å². The van der Waals surface area contributed by atoms with E-state index in [-0.39, 0.29) is 11.6 Å². The third-order valence-corrected chi connectivity index (χ3v) is 3.57. The van der Waals surface area contributed by atoms with Gasteiger partial charge in [0.25, 0.3) is 5.91 Å². The Balaban J connectivity index is 1.69. The number of carbonyl (C=O) groups is 2. The van der Waals surface area contributed by atoms with Crippen molar-refractivity contribution in [3.8, 4) is 11.3 Å². The van der Waals surface area contributed by atoms with Crippen LogP contribution in [0.1, 0.15) is 30.3 Å². The van der Waals surface area contributed by atoms with E-state index in [2.05, 4.69) is 20.8 Å². The van der Waals surface area contributed by atoms with Gasteiger partial charge < -0.3 is 15.2 Å². The molecule has 0 bridgehead atoms. The standard InChI is InChI=1S/C19H18N4O3/c1-2-5-18(24)21-14-7-3-8-15(10-14)22-19(25)16-11-17(26-23-16)13-6-4-9-20-12-13/h3-4,6-12H,2,5H2,1H3,(H,21,24)(H,22,25). The molecule has 0 aliphatic heterocycles. The van der Waals surface area contributed by atoms with Crippen LogP contribution in [0.3, 0.4) is 0 Å². The summed E-state index contributed by atoms with van der Waals surface area (Å²) >= 11 is 0. The highest BCUT2D eigenvalue weighted by Gasteiger charge is 2.14. The fraction of sp³-hybridized carbons (Fsp3) is 0.158. The summed E-state index contributed by atoms with van der Waals surface area (Å²) in [5.74, 6) is -0.00153. The van der Waals surface area contributed by atoms with Gasteiger partial charge in [-0.05, 0) is 36.8 Å². The van der Waals surface area contributed by atoms with Crippen molar-refractivity contribution in [2.24, 2.45) is 0 Å². The van der Waals surface area contributed by atoms with Crippen molar-refractivity contribution in [2.75, 3.05) is 10.6 Å². The number of pyridine rings is 1. The molecule has 2 heterocycles. The van der Waals surface area contributed by atoms with Crippen molar-refractivity contribution in [3.63, 3.8) is 0 Å². The molecule has 0 radical (unpaired) electrons. The minimum absolute atomic E-state index is 0.0615. The number of hydrogen-bond donors (Lipinski definition) is 2. The van der Waals surface area contributed by atoms with E-state index in [1.807, 2.05) is 13.0 Å². The molecule has 0 fully saturated rings. The minimum atomic E-state index is -0.402. The largest absolute Gasteiger partial charge is 0.355 e. The summed E-state index contributed by atoms with van der Waals surface area (Å²) in [4.78, 5) is 28.0. The van der Waals surface area contributed by atoms with Crippen molar-refractivity contribution in [2.45, 2.75) is 19.8 Å². The van der Waals surface area contributed by atoms with E-state index in [4.69, 9.17) is 4.52 Å². The van der Waals surface area contributed by atoms with Gasteiger partial charge in [-0.25, -0.2) is 0 Å². The lowest BCUT2D eigenvalue weighted by Gasteiger charge is -2.07. The second kappa shape index (κ2) is 8.06. The van der Waals surface area contributed by atoms with Crippen molar-refractivity contribution in [1.29, 1.82) is 0 Å².